The molecule has 0 aliphatic carbocycles. The van der Waals surface area contributed by atoms with Crippen LogP contribution in [0, 0.1) is 6.92 Å². The third-order valence-electron chi connectivity index (χ3n) is 5.14. The Labute approximate surface area is 175 Å². The molecule has 1 heterocycles. The van der Waals surface area contributed by atoms with E-state index in [-0.39, 0.29) is 29.2 Å². The quantitative estimate of drug-likeness (QED) is 0.648. The van der Waals surface area contributed by atoms with Crippen LogP contribution < -0.4 is 11.1 Å². The van der Waals surface area contributed by atoms with E-state index < -0.39 is 33.2 Å². The summed E-state index contributed by atoms with van der Waals surface area (Å²) in [5.74, 6) is -1.35. The molecule has 1 saturated heterocycles. The lowest BCUT2D eigenvalue weighted by molar-refractivity contribution is -0.131. The van der Waals surface area contributed by atoms with Gasteiger partial charge < -0.3 is 11.1 Å². The first-order valence-electron chi connectivity index (χ1n) is 9.38. The molecule has 9 heteroatoms. The number of carbonyl (C=O) groups excluding carboxylic acids is 3. The lowest BCUT2D eigenvalue weighted by Crippen LogP contribution is -2.41. The van der Waals surface area contributed by atoms with Crippen LogP contribution in [0.25, 0.3) is 0 Å². The Hall–Kier alpha value is -3.20. The predicted molar refractivity (Wildman–Crippen MR) is 110 cm³/mol. The van der Waals surface area contributed by atoms with E-state index >= 15 is 0 Å². The molecule has 2 aromatic rings. The first-order chi connectivity index (χ1) is 14.0. The van der Waals surface area contributed by atoms with E-state index in [1.807, 2.05) is 0 Å². The van der Waals surface area contributed by atoms with E-state index in [1.165, 1.54) is 25.1 Å². The van der Waals surface area contributed by atoms with Gasteiger partial charge in [-0.25, -0.2) is 13.2 Å². The fraction of sp³-hybridized carbons (Fsp3) is 0.286. The molecule has 4 amide bonds. The van der Waals surface area contributed by atoms with Gasteiger partial charge in [-0.15, -0.1) is 0 Å². The van der Waals surface area contributed by atoms with Crippen LogP contribution in [0.2, 0.25) is 0 Å². The van der Waals surface area contributed by atoms with Crippen LogP contribution in [0.1, 0.15) is 34.8 Å². The highest BCUT2D eigenvalue weighted by Crippen LogP contribution is 2.29. The molecule has 0 spiro atoms. The number of nitrogens with two attached hydrogens (primary N) is 1. The van der Waals surface area contributed by atoms with E-state index in [0.29, 0.717) is 5.56 Å². The molecule has 2 aromatic carbocycles. The Balaban J connectivity index is 1.72. The van der Waals surface area contributed by atoms with E-state index in [0.717, 1.165) is 10.5 Å². The Bertz CT molecular complexity index is 1130. The van der Waals surface area contributed by atoms with Crippen molar-refractivity contribution < 1.29 is 22.8 Å². The summed E-state index contributed by atoms with van der Waals surface area (Å²) in [6.45, 7) is 3.30. The zero-order valence-electron chi connectivity index (χ0n) is 16.7. The average Bonchev–Trinajstić information content (AvgIpc) is 2.92. The molecule has 0 radical (unpaired) electrons. The topological polar surface area (TPSA) is 127 Å². The minimum Gasteiger partial charge on any atom is -0.366 e. The van der Waals surface area contributed by atoms with E-state index in [4.69, 9.17) is 5.73 Å². The second-order valence-electron chi connectivity index (χ2n) is 7.45. The van der Waals surface area contributed by atoms with Crippen LogP contribution in [0.5, 0.6) is 0 Å². The number of nitrogens with zero attached hydrogens (tertiary/aromatic N) is 1. The smallest absolute Gasteiger partial charge is 0.325 e. The molecule has 158 valence electrons. The van der Waals surface area contributed by atoms with Gasteiger partial charge in [0.1, 0.15) is 5.54 Å². The zero-order valence-corrected chi connectivity index (χ0v) is 17.5. The van der Waals surface area contributed by atoms with Gasteiger partial charge in [-0.3, -0.25) is 14.5 Å². The van der Waals surface area contributed by atoms with Crippen molar-refractivity contribution in [2.75, 3.05) is 12.3 Å². The standard InChI is InChI=1S/C21H23N3O5S/c1-14-6-3-9-17(12-14)30(28,29)11-5-10-24-19(26)21(2,23-20(24)27)16-8-4-7-15(13-16)18(22)25/h3-4,6-9,12-13H,5,10-11H2,1-2H3,(H2,22,25)(H,23,27). The molecule has 3 rings (SSSR count). The number of carbonyl (C=O) groups is 3. The highest BCUT2D eigenvalue weighted by Gasteiger charge is 2.48. The number of aryl methyl sites for hydroxylation is 1. The minimum atomic E-state index is -3.53. The maximum absolute atomic E-state index is 13.0. The van der Waals surface area contributed by atoms with E-state index in [9.17, 15) is 22.8 Å². The normalized spacial score (nSPS) is 19.1. The molecule has 3 N–H and O–H groups in total. The first kappa shape index (κ1) is 21.5. The molecule has 1 aliphatic rings. The lowest BCUT2D eigenvalue weighted by Gasteiger charge is -2.22. The molecular weight excluding hydrogens is 406 g/mol. The van der Waals surface area contributed by atoms with Gasteiger partial charge in [0.2, 0.25) is 5.91 Å². The summed E-state index contributed by atoms with van der Waals surface area (Å²) in [6, 6.07) is 12.2. The van der Waals surface area contributed by atoms with Gasteiger partial charge in [0.15, 0.2) is 9.84 Å². The van der Waals surface area contributed by atoms with Crippen molar-refractivity contribution in [3.63, 3.8) is 0 Å². The molecule has 0 aromatic heterocycles. The summed E-state index contributed by atoms with van der Waals surface area (Å²) in [6.07, 6.45) is 0.104. The van der Waals surface area contributed by atoms with Gasteiger partial charge in [0, 0.05) is 12.1 Å². The number of urea groups is 1. The van der Waals surface area contributed by atoms with Crippen molar-refractivity contribution in [1.82, 2.24) is 10.2 Å². The lowest BCUT2D eigenvalue weighted by atomic mass is 9.90. The molecule has 30 heavy (non-hydrogen) atoms. The van der Waals surface area contributed by atoms with Gasteiger partial charge in [0.25, 0.3) is 5.91 Å². The summed E-state index contributed by atoms with van der Waals surface area (Å²) >= 11 is 0. The van der Waals surface area contributed by atoms with Crippen LogP contribution >= 0.6 is 0 Å². The molecule has 1 aliphatic heterocycles. The zero-order chi connectivity index (χ0) is 22.1. The van der Waals surface area contributed by atoms with Gasteiger partial charge in [-0.1, -0.05) is 24.3 Å². The average molecular weight is 429 g/mol. The van der Waals surface area contributed by atoms with Crippen LogP contribution in [0.4, 0.5) is 4.79 Å². The third-order valence-corrected chi connectivity index (χ3v) is 6.94. The Morgan fingerprint density at radius 1 is 1.13 bits per heavy atom. The van der Waals surface area contributed by atoms with Crippen molar-refractivity contribution in [2.24, 2.45) is 5.73 Å². The number of rotatable bonds is 7. The molecule has 1 atom stereocenters. The summed E-state index contributed by atoms with van der Waals surface area (Å²) in [7, 11) is -3.53. The van der Waals surface area contributed by atoms with Crippen molar-refractivity contribution >= 4 is 27.7 Å². The number of sulfone groups is 1. The second-order valence-corrected chi connectivity index (χ2v) is 9.56. The van der Waals surface area contributed by atoms with E-state index in [1.54, 1.807) is 37.3 Å². The number of primary amides is 1. The Morgan fingerprint density at radius 3 is 2.50 bits per heavy atom. The van der Waals surface area contributed by atoms with Crippen LogP contribution in [-0.4, -0.2) is 43.5 Å². The first-order valence-corrected chi connectivity index (χ1v) is 11.0. The molecular formula is C21H23N3O5S. The molecule has 0 bridgehead atoms. The van der Waals surface area contributed by atoms with Crippen molar-refractivity contribution in [1.29, 1.82) is 0 Å². The van der Waals surface area contributed by atoms with Crippen LogP contribution in [-0.2, 0) is 20.2 Å². The number of hydrogen-bond acceptors (Lipinski definition) is 5. The van der Waals surface area contributed by atoms with Gasteiger partial charge in [0.05, 0.1) is 10.6 Å². The molecule has 1 unspecified atom stereocenters. The summed E-state index contributed by atoms with van der Waals surface area (Å²) in [4.78, 5) is 38.0. The van der Waals surface area contributed by atoms with Crippen molar-refractivity contribution in [3.8, 4) is 0 Å². The number of amides is 4. The maximum Gasteiger partial charge on any atom is 0.325 e. The van der Waals surface area contributed by atoms with E-state index in [2.05, 4.69) is 5.32 Å². The largest absolute Gasteiger partial charge is 0.366 e. The third kappa shape index (κ3) is 4.06. The molecule has 1 fully saturated rings. The number of nitrogens with one attached hydrogen (secondary N) is 1. The molecule has 8 nitrogen and oxygen atoms in total. The van der Waals surface area contributed by atoms with Gasteiger partial charge >= 0.3 is 6.03 Å². The van der Waals surface area contributed by atoms with Crippen molar-refractivity contribution in [2.45, 2.75) is 30.7 Å². The Morgan fingerprint density at radius 2 is 1.83 bits per heavy atom. The Kier molecular flexibility index (Phi) is 5.67. The molecule has 0 saturated carbocycles. The predicted octanol–water partition coefficient (Wildman–Crippen LogP) is 1.72. The van der Waals surface area contributed by atoms with Crippen LogP contribution in [0.3, 0.4) is 0 Å². The van der Waals surface area contributed by atoms with Gasteiger partial charge in [-0.2, -0.15) is 0 Å². The monoisotopic (exact) mass is 429 g/mol. The highest BCUT2D eigenvalue weighted by molar-refractivity contribution is 7.91. The number of benzene rings is 2. The summed E-state index contributed by atoms with van der Waals surface area (Å²) < 4.78 is 25.0. The number of imide groups is 1. The van der Waals surface area contributed by atoms with Crippen LogP contribution in [0.15, 0.2) is 53.4 Å². The maximum atomic E-state index is 13.0. The second kappa shape index (κ2) is 7.91. The van der Waals surface area contributed by atoms with Gasteiger partial charge in [-0.05, 0) is 55.7 Å². The van der Waals surface area contributed by atoms with Crippen molar-refractivity contribution in [3.05, 3.63) is 65.2 Å². The highest BCUT2D eigenvalue weighted by atomic mass is 32.2. The summed E-state index contributed by atoms with van der Waals surface area (Å²) in [5, 5.41) is 2.64. The number of hydrogen-bond donors (Lipinski definition) is 2. The SMILES string of the molecule is Cc1cccc(S(=O)(=O)CCCN2C(=O)NC(C)(c3cccc(C(N)=O)c3)C2=O)c1. The summed E-state index contributed by atoms with van der Waals surface area (Å²) in [5.41, 5.74) is 5.41. The fourth-order valence-corrected chi connectivity index (χ4v) is 4.81. The minimum absolute atomic E-state index is 0.0409. The fourth-order valence-electron chi connectivity index (χ4n) is 3.42.